The van der Waals surface area contributed by atoms with Crippen molar-refractivity contribution in [3.05, 3.63) is 22.9 Å². The second kappa shape index (κ2) is 5.50. The third-order valence-electron chi connectivity index (χ3n) is 7.81. The van der Waals surface area contributed by atoms with Crippen molar-refractivity contribution in [1.82, 2.24) is 14.7 Å². The molecule has 0 spiro atoms. The summed E-state index contributed by atoms with van der Waals surface area (Å²) >= 11 is 0. The molecule has 2 bridgehead atoms. The highest BCUT2D eigenvalue weighted by atomic mass is 16.5. The molecule has 8 atom stereocenters. The Kier molecular flexibility index (Phi) is 3.39. The van der Waals surface area contributed by atoms with Gasteiger partial charge in [-0.2, -0.15) is 0 Å². The Hall–Kier alpha value is -1.62. The number of carbonyl (C=O) groups is 2. The summed E-state index contributed by atoms with van der Waals surface area (Å²) in [4.78, 5) is 32.3. The van der Waals surface area contributed by atoms with E-state index in [1.165, 1.54) is 6.08 Å². The molecule has 0 aromatic heterocycles. The first-order chi connectivity index (χ1) is 13.5. The van der Waals surface area contributed by atoms with Crippen LogP contribution in [0.3, 0.4) is 0 Å². The molecule has 0 unspecified atom stereocenters. The van der Waals surface area contributed by atoms with Crippen LogP contribution in [0, 0.1) is 5.92 Å². The molecule has 150 valence electrons. The molecule has 6 aliphatic rings. The first-order valence-corrected chi connectivity index (χ1v) is 9.91. The molecular weight excluding hydrogens is 364 g/mol. The first-order valence-electron chi connectivity index (χ1n) is 9.91. The third kappa shape index (κ3) is 1.79. The van der Waals surface area contributed by atoms with E-state index in [9.17, 15) is 19.8 Å². The molecule has 5 heterocycles. The van der Waals surface area contributed by atoms with E-state index < -0.39 is 18.1 Å². The molecule has 4 saturated heterocycles. The molecule has 0 radical (unpaired) electrons. The van der Waals surface area contributed by atoms with Crippen molar-refractivity contribution in [2.45, 2.75) is 49.1 Å². The molecule has 5 aliphatic heterocycles. The average Bonchev–Trinajstić information content (AvgIpc) is 3.25. The van der Waals surface area contributed by atoms with Crippen molar-refractivity contribution < 1.29 is 24.5 Å². The Morgan fingerprint density at radius 3 is 2.82 bits per heavy atom. The summed E-state index contributed by atoms with van der Waals surface area (Å²) in [6.45, 7) is 0.911. The fraction of sp³-hybridized carbons (Fsp3) is 0.684. The van der Waals surface area contributed by atoms with E-state index in [2.05, 4.69) is 9.80 Å². The number of aliphatic hydroxyl groups excluding tert-OH is 2. The molecular formula is C19H24N4O5. The summed E-state index contributed by atoms with van der Waals surface area (Å²) < 4.78 is 6.08. The lowest BCUT2D eigenvalue weighted by molar-refractivity contribution is -0.186. The maximum atomic E-state index is 13.1. The van der Waals surface area contributed by atoms with Crippen LogP contribution in [0.5, 0.6) is 0 Å². The lowest BCUT2D eigenvalue weighted by Crippen LogP contribution is -2.78. The van der Waals surface area contributed by atoms with Crippen LogP contribution < -0.4 is 5.73 Å². The van der Waals surface area contributed by atoms with E-state index in [1.807, 2.05) is 11.9 Å². The number of piperidine rings is 1. The van der Waals surface area contributed by atoms with Gasteiger partial charge in [-0.25, -0.2) is 0 Å². The minimum Gasteiger partial charge on any atom is -0.395 e. The number of rotatable bonds is 1. The van der Waals surface area contributed by atoms with E-state index in [0.29, 0.717) is 18.7 Å². The van der Waals surface area contributed by atoms with Crippen molar-refractivity contribution in [3.8, 4) is 0 Å². The van der Waals surface area contributed by atoms with Gasteiger partial charge in [-0.05, 0) is 13.5 Å². The number of carbonyl (C=O) groups excluding carboxylic acids is 2. The Morgan fingerprint density at radius 2 is 2.07 bits per heavy atom. The number of ether oxygens (including phenoxy) is 1. The van der Waals surface area contributed by atoms with Gasteiger partial charge in [0.1, 0.15) is 12.5 Å². The van der Waals surface area contributed by atoms with Gasteiger partial charge in [0, 0.05) is 47.8 Å². The van der Waals surface area contributed by atoms with Gasteiger partial charge in [-0.1, -0.05) is 0 Å². The molecule has 0 aromatic rings. The highest BCUT2D eigenvalue weighted by Gasteiger charge is 2.68. The van der Waals surface area contributed by atoms with Crippen LogP contribution in [0.1, 0.15) is 6.42 Å². The summed E-state index contributed by atoms with van der Waals surface area (Å²) in [6.07, 6.45) is 1.04. The number of nitrogens with zero attached hydrogens (tertiary/aromatic N) is 3. The molecule has 0 amide bonds. The predicted octanol–water partition coefficient (Wildman–Crippen LogP) is -2.62. The molecule has 6 rings (SSSR count). The Morgan fingerprint density at radius 1 is 1.29 bits per heavy atom. The van der Waals surface area contributed by atoms with E-state index >= 15 is 0 Å². The van der Waals surface area contributed by atoms with Crippen LogP contribution in [0.2, 0.25) is 0 Å². The predicted molar refractivity (Wildman–Crippen MR) is 95.5 cm³/mol. The molecule has 4 N–H and O–H groups in total. The highest BCUT2D eigenvalue weighted by Crippen LogP contribution is 2.54. The smallest absolute Gasteiger partial charge is 0.206 e. The quantitative estimate of drug-likeness (QED) is 0.415. The van der Waals surface area contributed by atoms with Crippen LogP contribution in [0.25, 0.3) is 0 Å². The van der Waals surface area contributed by atoms with Crippen LogP contribution in [-0.2, 0) is 14.3 Å². The van der Waals surface area contributed by atoms with Crippen molar-refractivity contribution in [2.24, 2.45) is 11.7 Å². The van der Waals surface area contributed by atoms with Gasteiger partial charge in [0.05, 0.1) is 31.0 Å². The highest BCUT2D eigenvalue weighted by molar-refractivity contribution is 6.23. The number of aliphatic hydroxyl groups is 2. The maximum absolute atomic E-state index is 13.1. The van der Waals surface area contributed by atoms with Gasteiger partial charge in [0.2, 0.25) is 5.78 Å². The summed E-state index contributed by atoms with van der Waals surface area (Å²) in [5.41, 5.74) is 6.41. The third-order valence-corrected chi connectivity index (χ3v) is 7.81. The summed E-state index contributed by atoms with van der Waals surface area (Å²) in [7, 11) is 2.02. The number of allylic oxidation sites excluding steroid dienone is 2. The number of Topliss-reactive ketones (excluding diaryl/α,β-unsaturated/α-hetero) is 1. The summed E-state index contributed by atoms with van der Waals surface area (Å²) in [5, 5.41) is 21.5. The molecule has 1 aliphatic carbocycles. The monoisotopic (exact) mass is 388 g/mol. The van der Waals surface area contributed by atoms with E-state index in [0.717, 1.165) is 6.42 Å². The van der Waals surface area contributed by atoms with E-state index in [1.54, 1.807) is 0 Å². The molecule has 0 aromatic carbocycles. The zero-order valence-electron chi connectivity index (χ0n) is 15.6. The van der Waals surface area contributed by atoms with Crippen LogP contribution in [-0.4, -0.2) is 106 Å². The van der Waals surface area contributed by atoms with E-state index in [4.69, 9.17) is 10.5 Å². The number of hydrogen-bond donors (Lipinski definition) is 3. The largest absolute Gasteiger partial charge is 0.395 e. The zero-order chi connectivity index (χ0) is 19.5. The molecule has 4 fully saturated rings. The van der Waals surface area contributed by atoms with Crippen molar-refractivity contribution >= 4 is 11.6 Å². The topological polar surface area (TPSA) is 120 Å². The van der Waals surface area contributed by atoms with Crippen molar-refractivity contribution in [1.29, 1.82) is 0 Å². The van der Waals surface area contributed by atoms with Crippen molar-refractivity contribution in [2.75, 3.05) is 26.8 Å². The second-order valence-corrected chi connectivity index (χ2v) is 8.74. The minimum atomic E-state index is -0.833. The van der Waals surface area contributed by atoms with Gasteiger partial charge in [-0.15, -0.1) is 0 Å². The maximum Gasteiger partial charge on any atom is 0.206 e. The lowest BCUT2D eigenvalue weighted by Gasteiger charge is -2.61. The zero-order valence-corrected chi connectivity index (χ0v) is 15.6. The first kappa shape index (κ1) is 17.3. The lowest BCUT2D eigenvalue weighted by atomic mass is 9.70. The number of nitrogens with two attached hydrogens (primary N) is 1. The van der Waals surface area contributed by atoms with Gasteiger partial charge in [0.25, 0.3) is 0 Å². The second-order valence-electron chi connectivity index (χ2n) is 8.74. The summed E-state index contributed by atoms with van der Waals surface area (Å²) in [5.74, 6) is -0.462. The number of ketones is 2. The molecule has 9 heteroatoms. The van der Waals surface area contributed by atoms with Crippen LogP contribution >= 0.6 is 0 Å². The Balaban J connectivity index is 1.62. The normalized spacial score (nSPS) is 48.0. The number of likely N-dealkylation sites (N-methyl/N-ethyl adjacent to an activating group) is 1. The van der Waals surface area contributed by atoms with Gasteiger partial charge in [-0.3, -0.25) is 24.3 Å². The average molecular weight is 388 g/mol. The Bertz CT molecular complexity index is 855. The standard InChI is InChI=1S/C19H24N4O5/c1-21-9-4-7-14(21)16-15(22-2-3-28-19(7)22)13-11(25)5-8(20)17(26)12(13)10(6-24)23(16)18(9)27/h5,7,9-10,14-16,18-19,24,27H,2-4,6,20H2,1H3/t7-,9-,10-,14+,15-,16+,18+,19+/m0/s1. The minimum absolute atomic E-state index is 0.0898. The Labute approximate surface area is 162 Å². The van der Waals surface area contributed by atoms with Gasteiger partial charge >= 0.3 is 0 Å². The molecule has 0 saturated carbocycles. The van der Waals surface area contributed by atoms with Crippen LogP contribution in [0.15, 0.2) is 22.9 Å². The fourth-order valence-corrected chi connectivity index (χ4v) is 6.88. The fourth-order valence-electron chi connectivity index (χ4n) is 6.88. The number of hydrogen-bond acceptors (Lipinski definition) is 9. The van der Waals surface area contributed by atoms with Crippen LogP contribution in [0.4, 0.5) is 0 Å². The number of fused-ring (bicyclic) bond motifs is 5. The van der Waals surface area contributed by atoms with E-state index in [-0.39, 0.29) is 60.0 Å². The summed E-state index contributed by atoms with van der Waals surface area (Å²) in [6, 6.07) is -1.29. The van der Waals surface area contributed by atoms with Gasteiger partial charge < -0.3 is 20.7 Å². The van der Waals surface area contributed by atoms with Crippen molar-refractivity contribution in [3.63, 3.8) is 0 Å². The molecule has 28 heavy (non-hydrogen) atoms. The molecule has 9 nitrogen and oxygen atoms in total. The SMILES string of the molecule is CN1[C@@H]2[C@@H]3C[C@H]1[C@@H](O)N1[C@H]2[C@H](C2=C(C(=O)C(N)=CC2=O)[C@@H]1CO)N1CCO[C@H]31. The van der Waals surface area contributed by atoms with Gasteiger partial charge in [0.15, 0.2) is 5.78 Å². The number of piperazine rings is 1.